The molecular weight excluding hydrogens is 305 g/mol. The molecule has 118 valence electrons. The molecule has 0 saturated heterocycles. The number of alkyl halides is 3. The Hall–Kier alpha value is -2.92. The quantitative estimate of drug-likeness (QED) is 0.625. The first-order chi connectivity index (χ1) is 10.2. The number of nitrogens with zero attached hydrogens (tertiary/aromatic N) is 4. The van der Waals surface area contributed by atoms with Crippen molar-refractivity contribution in [2.45, 2.75) is 20.0 Å². The number of halogens is 3. The minimum Gasteiger partial charge on any atom is -0.319 e. The molecule has 0 spiro atoms. The van der Waals surface area contributed by atoms with Crippen molar-refractivity contribution in [3.8, 4) is 0 Å². The van der Waals surface area contributed by atoms with E-state index in [1.54, 1.807) is 6.92 Å². The van der Waals surface area contributed by atoms with Crippen molar-refractivity contribution in [1.82, 2.24) is 30.4 Å². The van der Waals surface area contributed by atoms with Crippen molar-refractivity contribution < 1.29 is 18.0 Å². The Labute approximate surface area is 121 Å². The molecule has 4 N–H and O–H groups in total. The molecule has 0 saturated carbocycles. The van der Waals surface area contributed by atoms with Gasteiger partial charge in [-0.25, -0.2) is 0 Å². The Morgan fingerprint density at radius 1 is 1.05 bits per heavy atom. The van der Waals surface area contributed by atoms with Gasteiger partial charge in [0.05, 0.1) is 0 Å². The van der Waals surface area contributed by atoms with Crippen LogP contribution in [0.5, 0.6) is 0 Å². The molecule has 9 nitrogen and oxygen atoms in total. The number of H-pyrrole nitrogens is 2. The molecule has 0 radical (unpaired) electrons. The molecule has 22 heavy (non-hydrogen) atoms. The van der Waals surface area contributed by atoms with Crippen LogP contribution in [0.1, 0.15) is 11.6 Å². The number of carbonyl (C=O) groups excluding carboxylic acids is 1. The van der Waals surface area contributed by atoms with Crippen LogP contribution >= 0.6 is 0 Å². The second kappa shape index (κ2) is 5.83. The SMILES string of the molecule is Cc1nc(NC(=O)/C=C(\Nc2n[nH]c(C)n2)C(F)(F)F)n[nH]1. The van der Waals surface area contributed by atoms with Crippen LogP contribution in [0.3, 0.4) is 0 Å². The largest absolute Gasteiger partial charge is 0.431 e. The molecule has 2 rings (SSSR count). The number of rotatable bonds is 4. The number of carbonyl (C=O) groups is 1. The molecule has 2 aromatic heterocycles. The van der Waals surface area contributed by atoms with Crippen LogP contribution < -0.4 is 10.6 Å². The minimum absolute atomic E-state index is 0.131. The first-order valence-electron chi connectivity index (χ1n) is 5.89. The van der Waals surface area contributed by atoms with Crippen molar-refractivity contribution in [3.63, 3.8) is 0 Å². The van der Waals surface area contributed by atoms with Crippen LogP contribution in [-0.2, 0) is 4.79 Å². The zero-order chi connectivity index (χ0) is 16.3. The van der Waals surface area contributed by atoms with E-state index in [9.17, 15) is 18.0 Å². The fourth-order valence-electron chi connectivity index (χ4n) is 1.38. The van der Waals surface area contributed by atoms with Gasteiger partial charge < -0.3 is 5.32 Å². The van der Waals surface area contributed by atoms with Crippen LogP contribution in [0.2, 0.25) is 0 Å². The molecule has 0 aliphatic heterocycles. The molecule has 12 heteroatoms. The fourth-order valence-corrected chi connectivity index (χ4v) is 1.38. The number of hydrogen-bond donors (Lipinski definition) is 4. The predicted molar refractivity (Wildman–Crippen MR) is 68.6 cm³/mol. The maximum atomic E-state index is 12.9. The van der Waals surface area contributed by atoms with E-state index >= 15 is 0 Å². The summed E-state index contributed by atoms with van der Waals surface area (Å²) in [4.78, 5) is 19.0. The van der Waals surface area contributed by atoms with E-state index in [1.165, 1.54) is 6.92 Å². The Morgan fingerprint density at radius 2 is 1.55 bits per heavy atom. The molecule has 0 atom stereocenters. The number of aromatic nitrogens is 6. The summed E-state index contributed by atoms with van der Waals surface area (Å²) in [6, 6.07) is 0. The molecule has 0 aliphatic rings. The fraction of sp³-hybridized carbons (Fsp3) is 0.300. The van der Waals surface area contributed by atoms with E-state index in [-0.39, 0.29) is 11.9 Å². The molecule has 2 heterocycles. The van der Waals surface area contributed by atoms with E-state index in [0.717, 1.165) is 0 Å². The van der Waals surface area contributed by atoms with Gasteiger partial charge in [0.2, 0.25) is 11.9 Å². The third-order valence-electron chi connectivity index (χ3n) is 2.26. The number of amides is 1. The van der Waals surface area contributed by atoms with Gasteiger partial charge in [-0.05, 0) is 13.8 Å². The lowest BCUT2D eigenvalue weighted by molar-refractivity contribution is -0.113. The molecule has 0 aliphatic carbocycles. The minimum atomic E-state index is -4.79. The van der Waals surface area contributed by atoms with Crippen LogP contribution in [0.15, 0.2) is 11.8 Å². The van der Waals surface area contributed by atoms with E-state index in [4.69, 9.17) is 0 Å². The molecule has 0 bridgehead atoms. The Balaban J connectivity index is 2.15. The van der Waals surface area contributed by atoms with Gasteiger partial charge in [-0.1, -0.05) is 0 Å². The third kappa shape index (κ3) is 4.04. The lowest BCUT2D eigenvalue weighted by atomic mass is 10.3. The van der Waals surface area contributed by atoms with Crippen molar-refractivity contribution in [3.05, 3.63) is 23.4 Å². The summed E-state index contributed by atoms with van der Waals surface area (Å²) in [7, 11) is 0. The normalized spacial score (nSPS) is 12.3. The number of hydrogen-bond acceptors (Lipinski definition) is 6. The summed E-state index contributed by atoms with van der Waals surface area (Å²) < 4.78 is 38.7. The highest BCUT2D eigenvalue weighted by Gasteiger charge is 2.35. The summed E-state index contributed by atoms with van der Waals surface area (Å²) in [6.07, 6.45) is -4.46. The van der Waals surface area contributed by atoms with Crippen molar-refractivity contribution in [2.24, 2.45) is 0 Å². The molecule has 0 aromatic carbocycles. The topological polar surface area (TPSA) is 124 Å². The van der Waals surface area contributed by atoms with Crippen LogP contribution in [0.4, 0.5) is 25.1 Å². The van der Waals surface area contributed by atoms with Gasteiger partial charge in [0, 0.05) is 6.08 Å². The lowest BCUT2D eigenvalue weighted by Crippen LogP contribution is -2.23. The smallest absolute Gasteiger partial charge is 0.319 e. The summed E-state index contributed by atoms with van der Waals surface area (Å²) in [5.41, 5.74) is -1.32. The first kappa shape index (κ1) is 15.5. The maximum absolute atomic E-state index is 12.9. The van der Waals surface area contributed by atoms with E-state index in [1.807, 2.05) is 5.32 Å². The van der Waals surface area contributed by atoms with Gasteiger partial charge in [-0.2, -0.15) is 23.1 Å². The number of nitrogens with one attached hydrogen (secondary N) is 4. The highest BCUT2D eigenvalue weighted by atomic mass is 19.4. The lowest BCUT2D eigenvalue weighted by Gasteiger charge is -2.11. The third-order valence-corrected chi connectivity index (χ3v) is 2.26. The monoisotopic (exact) mass is 316 g/mol. The van der Waals surface area contributed by atoms with Gasteiger partial charge in [0.25, 0.3) is 5.91 Å². The Morgan fingerprint density at radius 3 is 1.95 bits per heavy atom. The van der Waals surface area contributed by atoms with Crippen LogP contribution in [0, 0.1) is 13.8 Å². The molecule has 1 amide bonds. The second-order valence-corrected chi connectivity index (χ2v) is 4.16. The Bertz CT molecular complexity index is 701. The molecule has 0 fully saturated rings. The second-order valence-electron chi connectivity index (χ2n) is 4.16. The van der Waals surface area contributed by atoms with Gasteiger partial charge in [0.1, 0.15) is 17.3 Å². The highest BCUT2D eigenvalue weighted by Crippen LogP contribution is 2.26. The van der Waals surface area contributed by atoms with Crippen molar-refractivity contribution >= 4 is 17.8 Å². The first-order valence-corrected chi connectivity index (χ1v) is 5.89. The zero-order valence-electron chi connectivity index (χ0n) is 11.4. The van der Waals surface area contributed by atoms with E-state index < -0.39 is 17.8 Å². The highest BCUT2D eigenvalue weighted by molar-refractivity contribution is 5.98. The van der Waals surface area contributed by atoms with Crippen LogP contribution in [-0.4, -0.2) is 42.4 Å². The molecular formula is C10H11F3N8O. The summed E-state index contributed by atoms with van der Waals surface area (Å²) in [6.45, 7) is 3.10. The standard InChI is InChI=1S/C10H11F3N8O/c1-4-14-8(20-18-4)16-6(10(11,12)13)3-7(22)17-9-15-5(2)19-21-9/h3H,1-2H3,(H2,14,16,18,20)(H2,15,17,19,21,22)/b6-3-. The average Bonchev–Trinajstić information content (AvgIpc) is 2.96. The van der Waals surface area contributed by atoms with Gasteiger partial charge in [-0.3, -0.25) is 20.3 Å². The molecule has 0 unspecified atom stereocenters. The van der Waals surface area contributed by atoms with Crippen molar-refractivity contribution in [2.75, 3.05) is 10.6 Å². The maximum Gasteiger partial charge on any atom is 0.431 e. The van der Waals surface area contributed by atoms with Gasteiger partial charge in [-0.15, -0.1) is 10.2 Å². The predicted octanol–water partition coefficient (Wildman–Crippen LogP) is 1.04. The van der Waals surface area contributed by atoms with Crippen LogP contribution in [0.25, 0.3) is 0 Å². The zero-order valence-corrected chi connectivity index (χ0v) is 11.4. The molecule has 2 aromatic rings. The number of aromatic amines is 2. The number of anilines is 2. The summed E-state index contributed by atoms with van der Waals surface area (Å²) in [5.74, 6) is -0.753. The van der Waals surface area contributed by atoms with E-state index in [0.29, 0.717) is 17.7 Å². The number of allylic oxidation sites excluding steroid dienone is 1. The van der Waals surface area contributed by atoms with E-state index in [2.05, 4.69) is 35.7 Å². The number of aryl methyl sites for hydroxylation is 2. The van der Waals surface area contributed by atoms with Crippen molar-refractivity contribution in [1.29, 1.82) is 0 Å². The van der Waals surface area contributed by atoms with Gasteiger partial charge in [0.15, 0.2) is 0 Å². The summed E-state index contributed by atoms with van der Waals surface area (Å²) >= 11 is 0. The summed E-state index contributed by atoms with van der Waals surface area (Å²) in [5, 5.41) is 16.0. The average molecular weight is 316 g/mol. The van der Waals surface area contributed by atoms with Gasteiger partial charge >= 0.3 is 6.18 Å². The Kier molecular flexibility index (Phi) is 4.10.